The molecule has 0 aliphatic carbocycles. The number of anilines is 1. The van der Waals surface area contributed by atoms with Crippen molar-refractivity contribution in [1.29, 1.82) is 0 Å². The summed E-state index contributed by atoms with van der Waals surface area (Å²) in [6.07, 6.45) is 0.0959. The lowest BCUT2D eigenvalue weighted by Gasteiger charge is -2.27. The Labute approximate surface area is 157 Å². The maximum absolute atomic E-state index is 12.1. The number of aromatic nitrogens is 3. The Morgan fingerprint density at radius 1 is 1.38 bits per heavy atom. The number of benzene rings is 1. The Morgan fingerprint density at radius 2 is 2.08 bits per heavy atom. The first-order chi connectivity index (χ1) is 12.4. The Balaban J connectivity index is 2.05. The van der Waals surface area contributed by atoms with Gasteiger partial charge in [-0.25, -0.2) is 4.68 Å². The quantitative estimate of drug-likeness (QED) is 0.756. The number of allylic oxidation sites excluding steroid dienone is 1. The van der Waals surface area contributed by atoms with Crippen molar-refractivity contribution in [3.63, 3.8) is 0 Å². The molecule has 0 saturated carbocycles. The molecule has 1 aromatic carbocycles. The summed E-state index contributed by atoms with van der Waals surface area (Å²) in [6.45, 7) is 7.83. The van der Waals surface area contributed by atoms with E-state index in [1.54, 1.807) is 16.4 Å². The first-order valence-electron chi connectivity index (χ1n) is 8.54. The summed E-state index contributed by atoms with van der Waals surface area (Å²) < 4.78 is 7.43. The summed E-state index contributed by atoms with van der Waals surface area (Å²) in [5, 5.41) is 8.37. The van der Waals surface area contributed by atoms with Gasteiger partial charge in [-0.2, -0.15) is 4.98 Å². The average molecular weight is 373 g/mol. The molecule has 1 amide bonds. The van der Waals surface area contributed by atoms with Crippen molar-refractivity contribution in [2.45, 2.75) is 45.0 Å². The Morgan fingerprint density at radius 3 is 2.65 bits per heavy atom. The third kappa shape index (κ3) is 3.55. The van der Waals surface area contributed by atoms with Crippen molar-refractivity contribution in [2.24, 2.45) is 5.73 Å². The van der Waals surface area contributed by atoms with E-state index in [0.717, 1.165) is 17.1 Å². The van der Waals surface area contributed by atoms with E-state index in [2.05, 4.69) is 15.4 Å². The van der Waals surface area contributed by atoms with Crippen LogP contribution in [0.15, 0.2) is 40.7 Å². The molecule has 1 unspecified atom stereocenters. The SMILES string of the molecule is CCSc1nc2n(n1)C(c1ccc(OC(C)C)cc1)C(C(N)=O)=C(C)N2. The number of primary amides is 1. The van der Waals surface area contributed by atoms with Crippen LogP contribution in [0.3, 0.4) is 0 Å². The molecule has 0 fully saturated rings. The molecule has 1 atom stereocenters. The molecule has 8 heteroatoms. The fourth-order valence-electron chi connectivity index (χ4n) is 2.95. The highest BCUT2D eigenvalue weighted by Gasteiger charge is 2.33. The molecule has 2 aromatic rings. The number of nitrogens with two attached hydrogens (primary N) is 1. The van der Waals surface area contributed by atoms with E-state index in [1.807, 2.05) is 52.0 Å². The van der Waals surface area contributed by atoms with Gasteiger partial charge in [-0.3, -0.25) is 4.79 Å². The monoisotopic (exact) mass is 373 g/mol. The zero-order valence-corrected chi connectivity index (χ0v) is 16.1. The second kappa shape index (κ2) is 7.41. The summed E-state index contributed by atoms with van der Waals surface area (Å²) in [5.74, 6) is 1.77. The average Bonchev–Trinajstić information content (AvgIpc) is 2.96. The van der Waals surface area contributed by atoms with E-state index < -0.39 is 11.9 Å². The van der Waals surface area contributed by atoms with Crippen molar-refractivity contribution < 1.29 is 9.53 Å². The number of amides is 1. The van der Waals surface area contributed by atoms with Crippen LogP contribution < -0.4 is 15.8 Å². The molecule has 2 heterocycles. The maximum atomic E-state index is 12.1. The number of thioether (sulfide) groups is 1. The van der Waals surface area contributed by atoms with Gasteiger partial charge in [0.15, 0.2) is 0 Å². The summed E-state index contributed by atoms with van der Waals surface area (Å²) in [7, 11) is 0. The van der Waals surface area contributed by atoms with Crippen molar-refractivity contribution in [3.05, 3.63) is 41.1 Å². The molecular weight excluding hydrogens is 350 g/mol. The minimum absolute atomic E-state index is 0.0959. The standard InChI is InChI=1S/C18H23N5O2S/c1-5-26-18-21-17-20-11(4)14(16(19)24)15(23(17)22-18)12-6-8-13(9-7-12)25-10(2)3/h6-10,15H,5H2,1-4H3,(H2,19,24)(H,20,21,22). The van der Waals surface area contributed by atoms with Gasteiger partial charge in [0, 0.05) is 5.70 Å². The number of ether oxygens (including phenoxy) is 1. The van der Waals surface area contributed by atoms with E-state index >= 15 is 0 Å². The molecular formula is C18H23N5O2S. The molecule has 1 aliphatic heterocycles. The van der Waals surface area contributed by atoms with Gasteiger partial charge >= 0.3 is 0 Å². The van der Waals surface area contributed by atoms with Gasteiger partial charge < -0.3 is 15.8 Å². The molecule has 138 valence electrons. The molecule has 26 heavy (non-hydrogen) atoms. The zero-order valence-electron chi connectivity index (χ0n) is 15.3. The van der Waals surface area contributed by atoms with Gasteiger partial charge in [-0.15, -0.1) is 5.10 Å². The summed E-state index contributed by atoms with van der Waals surface area (Å²) >= 11 is 1.55. The van der Waals surface area contributed by atoms with Crippen LogP contribution in [0, 0.1) is 0 Å². The van der Waals surface area contributed by atoms with E-state index in [-0.39, 0.29) is 6.10 Å². The Bertz CT molecular complexity index is 842. The van der Waals surface area contributed by atoms with Crippen molar-refractivity contribution in [1.82, 2.24) is 14.8 Å². The molecule has 0 spiro atoms. The van der Waals surface area contributed by atoms with Gasteiger partial charge in [0.2, 0.25) is 17.0 Å². The van der Waals surface area contributed by atoms with E-state index in [1.165, 1.54) is 0 Å². The van der Waals surface area contributed by atoms with Crippen LogP contribution in [0.25, 0.3) is 0 Å². The second-order valence-electron chi connectivity index (χ2n) is 6.26. The first-order valence-corrected chi connectivity index (χ1v) is 9.52. The van der Waals surface area contributed by atoms with Crippen LogP contribution in [0.5, 0.6) is 5.75 Å². The molecule has 3 rings (SSSR count). The molecule has 0 radical (unpaired) electrons. The van der Waals surface area contributed by atoms with Crippen molar-refractivity contribution in [3.8, 4) is 5.75 Å². The highest BCUT2D eigenvalue weighted by molar-refractivity contribution is 7.99. The second-order valence-corrected chi connectivity index (χ2v) is 7.49. The number of hydrogen-bond acceptors (Lipinski definition) is 6. The molecule has 0 saturated heterocycles. The van der Waals surface area contributed by atoms with Gasteiger partial charge in [0.05, 0.1) is 11.7 Å². The number of nitrogens with one attached hydrogen (secondary N) is 1. The van der Waals surface area contributed by atoms with E-state index in [4.69, 9.17) is 10.5 Å². The number of rotatable bonds is 6. The smallest absolute Gasteiger partial charge is 0.248 e. The van der Waals surface area contributed by atoms with Crippen LogP contribution in [0.1, 0.15) is 39.3 Å². The molecule has 1 aliphatic rings. The van der Waals surface area contributed by atoms with Crippen molar-refractivity contribution >= 4 is 23.6 Å². The zero-order chi connectivity index (χ0) is 18.8. The first kappa shape index (κ1) is 18.3. The van der Waals surface area contributed by atoms with Gasteiger partial charge in [-0.1, -0.05) is 30.8 Å². The van der Waals surface area contributed by atoms with Crippen LogP contribution >= 0.6 is 11.8 Å². The predicted molar refractivity (Wildman–Crippen MR) is 102 cm³/mol. The van der Waals surface area contributed by atoms with Gasteiger partial charge in [-0.05, 0) is 44.2 Å². The predicted octanol–water partition coefficient (Wildman–Crippen LogP) is 2.95. The number of hydrogen-bond donors (Lipinski definition) is 2. The lowest BCUT2D eigenvalue weighted by molar-refractivity contribution is -0.115. The van der Waals surface area contributed by atoms with Gasteiger partial charge in [0.1, 0.15) is 11.8 Å². The molecule has 7 nitrogen and oxygen atoms in total. The number of carbonyl (C=O) groups excluding carboxylic acids is 1. The Kier molecular flexibility index (Phi) is 5.22. The minimum atomic E-state index is -0.478. The maximum Gasteiger partial charge on any atom is 0.248 e. The van der Waals surface area contributed by atoms with Crippen LogP contribution in [0.2, 0.25) is 0 Å². The van der Waals surface area contributed by atoms with Crippen LogP contribution in [0.4, 0.5) is 5.95 Å². The summed E-state index contributed by atoms with van der Waals surface area (Å²) in [6, 6.07) is 7.23. The lowest BCUT2D eigenvalue weighted by atomic mass is 9.95. The normalized spacial score (nSPS) is 16.4. The highest BCUT2D eigenvalue weighted by atomic mass is 32.2. The van der Waals surface area contributed by atoms with E-state index in [9.17, 15) is 4.79 Å². The van der Waals surface area contributed by atoms with Crippen LogP contribution in [-0.2, 0) is 4.79 Å². The molecule has 3 N–H and O–H groups in total. The largest absolute Gasteiger partial charge is 0.491 e. The van der Waals surface area contributed by atoms with Crippen molar-refractivity contribution in [2.75, 3.05) is 11.1 Å². The number of carbonyl (C=O) groups is 1. The lowest BCUT2D eigenvalue weighted by Crippen LogP contribution is -2.31. The molecule has 1 aromatic heterocycles. The fourth-order valence-corrected chi connectivity index (χ4v) is 3.50. The summed E-state index contributed by atoms with van der Waals surface area (Å²) in [5.41, 5.74) is 7.75. The molecule has 0 bridgehead atoms. The third-order valence-electron chi connectivity index (χ3n) is 3.94. The topological polar surface area (TPSA) is 95.1 Å². The van der Waals surface area contributed by atoms with Crippen LogP contribution in [-0.4, -0.2) is 32.5 Å². The number of fused-ring (bicyclic) bond motifs is 1. The Hall–Kier alpha value is -2.48. The minimum Gasteiger partial charge on any atom is -0.491 e. The van der Waals surface area contributed by atoms with Gasteiger partial charge in [0.25, 0.3) is 0 Å². The number of nitrogens with zero attached hydrogens (tertiary/aromatic N) is 3. The fraction of sp³-hybridized carbons (Fsp3) is 0.389. The summed E-state index contributed by atoms with van der Waals surface area (Å²) in [4.78, 5) is 16.6. The van der Waals surface area contributed by atoms with E-state index in [0.29, 0.717) is 22.4 Å². The third-order valence-corrected chi connectivity index (χ3v) is 4.66. The highest BCUT2D eigenvalue weighted by Crippen LogP contribution is 2.36.